The monoisotopic (exact) mass is 217 g/mol. The van der Waals surface area contributed by atoms with Crippen LogP contribution in [0.2, 0.25) is 0 Å². The van der Waals surface area contributed by atoms with E-state index in [1.54, 1.807) is 5.56 Å². The van der Waals surface area contributed by atoms with Crippen molar-refractivity contribution in [1.82, 2.24) is 5.32 Å². The van der Waals surface area contributed by atoms with E-state index in [-0.39, 0.29) is 0 Å². The van der Waals surface area contributed by atoms with Crippen LogP contribution in [0.1, 0.15) is 24.3 Å². The molecule has 0 unspecified atom stereocenters. The molecule has 1 aliphatic rings. The fourth-order valence-corrected chi connectivity index (χ4v) is 3.49. The van der Waals surface area contributed by atoms with Gasteiger partial charge in [-0.25, -0.2) is 0 Å². The summed E-state index contributed by atoms with van der Waals surface area (Å²) in [5.74, 6) is 0.780. The van der Waals surface area contributed by atoms with Crippen LogP contribution < -0.4 is 5.32 Å². The van der Waals surface area contributed by atoms with E-state index in [4.69, 9.17) is 0 Å². The summed E-state index contributed by atoms with van der Waals surface area (Å²) in [6.07, 6.45) is 2.58. The van der Waals surface area contributed by atoms with E-state index < -0.39 is 0 Å². The van der Waals surface area contributed by atoms with E-state index in [1.807, 2.05) is 11.3 Å². The van der Waals surface area contributed by atoms with Crippen LogP contribution in [0.25, 0.3) is 10.1 Å². The van der Waals surface area contributed by atoms with Crippen LogP contribution in [0, 0.1) is 0 Å². The van der Waals surface area contributed by atoms with Crippen molar-refractivity contribution >= 4 is 21.4 Å². The zero-order valence-corrected chi connectivity index (χ0v) is 9.52. The van der Waals surface area contributed by atoms with Gasteiger partial charge in [-0.2, -0.15) is 0 Å². The number of piperidine rings is 1. The van der Waals surface area contributed by atoms with E-state index >= 15 is 0 Å². The fraction of sp³-hybridized carbons (Fsp3) is 0.385. The van der Waals surface area contributed by atoms with Gasteiger partial charge in [0.25, 0.3) is 0 Å². The third-order valence-corrected chi connectivity index (χ3v) is 4.27. The number of benzene rings is 1. The van der Waals surface area contributed by atoms with Crippen LogP contribution in [0.5, 0.6) is 0 Å². The summed E-state index contributed by atoms with van der Waals surface area (Å²) in [6, 6.07) is 8.78. The molecule has 0 saturated carbocycles. The minimum absolute atomic E-state index is 0.780. The Morgan fingerprint density at radius 3 is 2.80 bits per heavy atom. The molecule has 2 heteroatoms. The molecule has 1 N–H and O–H groups in total. The van der Waals surface area contributed by atoms with Crippen molar-refractivity contribution in [2.75, 3.05) is 13.1 Å². The highest BCUT2D eigenvalue weighted by molar-refractivity contribution is 7.17. The molecule has 15 heavy (non-hydrogen) atoms. The Balaban J connectivity index is 2.02. The zero-order chi connectivity index (χ0) is 10.1. The molecule has 0 amide bonds. The first-order valence-corrected chi connectivity index (χ1v) is 6.50. The molecule has 2 heterocycles. The van der Waals surface area contributed by atoms with E-state index in [1.165, 1.54) is 36.0 Å². The van der Waals surface area contributed by atoms with Gasteiger partial charge in [0.2, 0.25) is 0 Å². The van der Waals surface area contributed by atoms with Crippen molar-refractivity contribution in [3.8, 4) is 0 Å². The van der Waals surface area contributed by atoms with Gasteiger partial charge in [0.15, 0.2) is 0 Å². The summed E-state index contributed by atoms with van der Waals surface area (Å²) in [5, 5.41) is 7.27. The van der Waals surface area contributed by atoms with Gasteiger partial charge in [-0.15, -0.1) is 11.3 Å². The zero-order valence-electron chi connectivity index (χ0n) is 8.70. The lowest BCUT2D eigenvalue weighted by atomic mass is 9.90. The Morgan fingerprint density at radius 2 is 1.93 bits per heavy atom. The van der Waals surface area contributed by atoms with Gasteiger partial charge in [-0.05, 0) is 54.2 Å². The van der Waals surface area contributed by atoms with Gasteiger partial charge >= 0.3 is 0 Å². The number of rotatable bonds is 1. The first-order valence-electron chi connectivity index (χ1n) is 5.62. The second-order valence-corrected chi connectivity index (χ2v) is 5.12. The molecule has 0 aliphatic carbocycles. The summed E-state index contributed by atoms with van der Waals surface area (Å²) >= 11 is 1.89. The van der Waals surface area contributed by atoms with Crippen LogP contribution in [0.15, 0.2) is 29.6 Å². The van der Waals surface area contributed by atoms with Crippen LogP contribution >= 0.6 is 11.3 Å². The van der Waals surface area contributed by atoms with E-state index in [0.717, 1.165) is 5.92 Å². The molecule has 0 radical (unpaired) electrons. The maximum atomic E-state index is 3.43. The van der Waals surface area contributed by atoms with Crippen molar-refractivity contribution in [2.24, 2.45) is 0 Å². The van der Waals surface area contributed by atoms with Gasteiger partial charge in [0, 0.05) is 4.70 Å². The van der Waals surface area contributed by atoms with Crippen molar-refractivity contribution in [3.05, 3.63) is 35.2 Å². The van der Waals surface area contributed by atoms with Crippen molar-refractivity contribution < 1.29 is 0 Å². The number of nitrogens with one attached hydrogen (secondary N) is 1. The minimum atomic E-state index is 0.780. The van der Waals surface area contributed by atoms with Gasteiger partial charge in [-0.1, -0.05) is 18.2 Å². The summed E-state index contributed by atoms with van der Waals surface area (Å²) in [4.78, 5) is 0. The quantitative estimate of drug-likeness (QED) is 0.772. The van der Waals surface area contributed by atoms with Gasteiger partial charge in [-0.3, -0.25) is 0 Å². The van der Waals surface area contributed by atoms with Crippen molar-refractivity contribution in [1.29, 1.82) is 0 Å². The second-order valence-electron chi connectivity index (χ2n) is 4.21. The summed E-state index contributed by atoms with van der Waals surface area (Å²) in [5.41, 5.74) is 1.58. The number of hydrogen-bond acceptors (Lipinski definition) is 2. The smallest absolute Gasteiger partial charge is 0.0345 e. The molecule has 1 aromatic heterocycles. The molecule has 1 nitrogen and oxygen atoms in total. The van der Waals surface area contributed by atoms with Gasteiger partial charge in [0.1, 0.15) is 0 Å². The van der Waals surface area contributed by atoms with Crippen molar-refractivity contribution in [3.63, 3.8) is 0 Å². The lowest BCUT2D eigenvalue weighted by Gasteiger charge is -2.22. The number of thiophene rings is 1. The molecular formula is C13H15NS. The lowest BCUT2D eigenvalue weighted by Crippen LogP contribution is -2.26. The minimum Gasteiger partial charge on any atom is -0.317 e. The lowest BCUT2D eigenvalue weighted by molar-refractivity contribution is 0.463. The molecule has 0 atom stereocenters. The highest BCUT2D eigenvalue weighted by Gasteiger charge is 2.17. The third-order valence-electron chi connectivity index (χ3n) is 3.29. The second kappa shape index (κ2) is 3.95. The highest BCUT2D eigenvalue weighted by atomic mass is 32.1. The Labute approximate surface area is 94.1 Å². The predicted molar refractivity (Wildman–Crippen MR) is 66.7 cm³/mol. The maximum Gasteiger partial charge on any atom is 0.0345 e. The molecule has 0 spiro atoms. The maximum absolute atomic E-state index is 3.43. The highest BCUT2D eigenvalue weighted by Crippen LogP contribution is 2.35. The molecule has 1 fully saturated rings. The first-order chi connectivity index (χ1) is 7.45. The van der Waals surface area contributed by atoms with Gasteiger partial charge in [0.05, 0.1) is 0 Å². The van der Waals surface area contributed by atoms with Gasteiger partial charge < -0.3 is 5.32 Å². The van der Waals surface area contributed by atoms with Crippen LogP contribution in [0.4, 0.5) is 0 Å². The topological polar surface area (TPSA) is 12.0 Å². The van der Waals surface area contributed by atoms with Crippen molar-refractivity contribution in [2.45, 2.75) is 18.8 Å². The average molecular weight is 217 g/mol. The molecule has 2 aromatic rings. The fourth-order valence-electron chi connectivity index (χ4n) is 2.45. The van der Waals surface area contributed by atoms with Crippen LogP contribution in [0.3, 0.4) is 0 Å². The third kappa shape index (κ3) is 1.68. The Kier molecular flexibility index (Phi) is 2.47. The Morgan fingerprint density at radius 1 is 1.13 bits per heavy atom. The van der Waals surface area contributed by atoms with E-state index in [0.29, 0.717) is 0 Å². The molecule has 1 saturated heterocycles. The molecule has 1 aliphatic heterocycles. The number of fused-ring (bicyclic) bond motifs is 1. The Hall–Kier alpha value is -0.860. The van der Waals surface area contributed by atoms with E-state index in [2.05, 4.69) is 35.0 Å². The Bertz CT molecular complexity index is 454. The largest absolute Gasteiger partial charge is 0.317 e. The molecule has 0 bridgehead atoms. The van der Waals surface area contributed by atoms with Crippen LogP contribution in [-0.4, -0.2) is 13.1 Å². The summed E-state index contributed by atoms with van der Waals surface area (Å²) < 4.78 is 1.44. The first kappa shape index (κ1) is 9.37. The summed E-state index contributed by atoms with van der Waals surface area (Å²) in [7, 11) is 0. The molecule has 1 aromatic carbocycles. The molecule has 78 valence electrons. The SMILES string of the molecule is c1ccc2c(C3CCNCC3)csc2c1. The predicted octanol–water partition coefficient (Wildman–Crippen LogP) is 3.37. The average Bonchev–Trinajstić information content (AvgIpc) is 2.74. The molecule has 3 rings (SSSR count). The van der Waals surface area contributed by atoms with Crippen LogP contribution in [-0.2, 0) is 0 Å². The molecular weight excluding hydrogens is 202 g/mol. The number of hydrogen-bond donors (Lipinski definition) is 1. The standard InChI is InChI=1S/C13H15NS/c1-2-4-13-11(3-1)12(9-15-13)10-5-7-14-8-6-10/h1-4,9-10,14H,5-8H2. The normalized spacial score (nSPS) is 18.4. The van der Waals surface area contributed by atoms with E-state index in [9.17, 15) is 0 Å². The summed E-state index contributed by atoms with van der Waals surface area (Å²) in [6.45, 7) is 2.35.